The van der Waals surface area contributed by atoms with Crippen molar-refractivity contribution >= 4 is 39.8 Å². The Morgan fingerprint density at radius 3 is 2.48 bits per heavy atom. The van der Waals surface area contributed by atoms with Crippen LogP contribution in [0, 0.1) is 5.92 Å². The molecule has 1 fully saturated rings. The molecule has 6 heteroatoms. The maximum absolute atomic E-state index is 13.0. The third kappa shape index (κ3) is 5.40. The summed E-state index contributed by atoms with van der Waals surface area (Å²) in [4.78, 5) is 27.3. The summed E-state index contributed by atoms with van der Waals surface area (Å²) in [6.45, 7) is 7.43. The number of fused-ring (bicyclic) bond motifs is 1. The Morgan fingerprint density at radius 2 is 1.73 bits per heavy atom. The van der Waals surface area contributed by atoms with Crippen molar-refractivity contribution in [3.63, 3.8) is 0 Å². The number of thioether (sulfide) groups is 1. The lowest BCUT2D eigenvalue weighted by atomic mass is 10.1. The van der Waals surface area contributed by atoms with Gasteiger partial charge in [0.25, 0.3) is 11.1 Å². The Labute approximate surface area is 198 Å². The molecule has 0 N–H and O–H groups in total. The molecule has 1 aliphatic heterocycles. The van der Waals surface area contributed by atoms with E-state index in [9.17, 15) is 9.59 Å². The van der Waals surface area contributed by atoms with Crippen molar-refractivity contribution in [1.82, 2.24) is 4.90 Å². The fraction of sp³-hybridized carbons (Fsp3) is 0.259. The van der Waals surface area contributed by atoms with E-state index in [1.54, 1.807) is 6.08 Å². The van der Waals surface area contributed by atoms with E-state index in [0.717, 1.165) is 33.7 Å². The highest BCUT2D eigenvalue weighted by molar-refractivity contribution is 8.18. The van der Waals surface area contributed by atoms with Crippen LogP contribution in [0.3, 0.4) is 0 Å². The molecule has 5 nitrogen and oxygen atoms in total. The number of carbonyl (C=O) groups excluding carboxylic acids is 2. The van der Waals surface area contributed by atoms with Gasteiger partial charge in [0.05, 0.1) is 24.7 Å². The molecule has 4 rings (SSSR count). The molecule has 0 spiro atoms. The highest BCUT2D eigenvalue weighted by Crippen LogP contribution is 2.35. The molecule has 0 saturated carbocycles. The van der Waals surface area contributed by atoms with E-state index in [0.29, 0.717) is 35.5 Å². The zero-order chi connectivity index (χ0) is 23.4. The summed E-state index contributed by atoms with van der Waals surface area (Å²) in [5.41, 5.74) is 1.70. The molecular formula is C27H27NO4S. The normalized spacial score (nSPS) is 15.2. The first-order valence-corrected chi connectivity index (χ1v) is 11.9. The summed E-state index contributed by atoms with van der Waals surface area (Å²) in [6.07, 6.45) is 1.74. The minimum Gasteiger partial charge on any atom is -0.490 e. The van der Waals surface area contributed by atoms with Gasteiger partial charge in [0.2, 0.25) is 0 Å². The lowest BCUT2D eigenvalue weighted by Gasteiger charge is -2.14. The van der Waals surface area contributed by atoms with E-state index in [1.807, 2.05) is 67.6 Å². The second kappa shape index (κ2) is 10.1. The molecule has 1 aliphatic rings. The van der Waals surface area contributed by atoms with Crippen LogP contribution in [0.25, 0.3) is 16.8 Å². The summed E-state index contributed by atoms with van der Waals surface area (Å²) in [5, 5.41) is 1.95. The highest BCUT2D eigenvalue weighted by atomic mass is 32.2. The van der Waals surface area contributed by atoms with Crippen LogP contribution >= 0.6 is 11.8 Å². The van der Waals surface area contributed by atoms with Crippen LogP contribution < -0.4 is 9.47 Å². The largest absolute Gasteiger partial charge is 0.490 e. The minimum absolute atomic E-state index is 0.249. The molecule has 0 aliphatic carbocycles. The van der Waals surface area contributed by atoms with Crippen LogP contribution in [0.1, 0.15) is 31.9 Å². The Bertz CT molecular complexity index is 1220. The summed E-state index contributed by atoms with van der Waals surface area (Å²) in [6, 6.07) is 19.6. The number of imide groups is 1. The van der Waals surface area contributed by atoms with E-state index in [1.165, 1.54) is 4.90 Å². The van der Waals surface area contributed by atoms with Crippen LogP contribution in [-0.2, 0) is 11.3 Å². The molecular weight excluding hydrogens is 434 g/mol. The maximum Gasteiger partial charge on any atom is 0.293 e. The van der Waals surface area contributed by atoms with Gasteiger partial charge in [-0.05, 0) is 70.8 Å². The number of hydrogen-bond acceptors (Lipinski definition) is 5. The van der Waals surface area contributed by atoms with Gasteiger partial charge in [0, 0.05) is 0 Å². The predicted octanol–water partition coefficient (Wildman–Crippen LogP) is 6.51. The summed E-state index contributed by atoms with van der Waals surface area (Å²) in [5.74, 6) is 1.42. The van der Waals surface area contributed by atoms with Crippen molar-refractivity contribution in [3.8, 4) is 11.5 Å². The lowest BCUT2D eigenvalue weighted by Crippen LogP contribution is -2.27. The van der Waals surface area contributed by atoms with E-state index < -0.39 is 0 Å². The molecule has 0 bridgehead atoms. The molecule has 2 amide bonds. The number of hydrogen-bond donors (Lipinski definition) is 0. The Hall–Kier alpha value is -3.25. The van der Waals surface area contributed by atoms with Crippen LogP contribution in [-0.4, -0.2) is 29.3 Å². The first-order valence-electron chi connectivity index (χ1n) is 11.1. The van der Waals surface area contributed by atoms with Gasteiger partial charge in [0.1, 0.15) is 0 Å². The number of rotatable bonds is 8. The van der Waals surface area contributed by atoms with E-state index >= 15 is 0 Å². The van der Waals surface area contributed by atoms with E-state index in [4.69, 9.17) is 9.47 Å². The quantitative estimate of drug-likeness (QED) is 0.358. The Kier molecular flexibility index (Phi) is 7.04. The van der Waals surface area contributed by atoms with Gasteiger partial charge >= 0.3 is 0 Å². The average molecular weight is 462 g/mol. The van der Waals surface area contributed by atoms with Crippen LogP contribution in [0.2, 0.25) is 0 Å². The zero-order valence-corrected chi connectivity index (χ0v) is 19.9. The molecule has 3 aromatic carbocycles. The SMILES string of the molecule is CCOc1cc(/C=C2\SC(=O)N(Cc3ccc4ccccc4c3)C2=O)ccc1OCC(C)C. The Balaban J connectivity index is 1.53. The molecule has 33 heavy (non-hydrogen) atoms. The molecule has 0 atom stereocenters. The topological polar surface area (TPSA) is 55.8 Å². The van der Waals surface area contributed by atoms with Crippen LogP contribution in [0.4, 0.5) is 4.79 Å². The summed E-state index contributed by atoms with van der Waals surface area (Å²) in [7, 11) is 0. The predicted molar refractivity (Wildman–Crippen MR) is 133 cm³/mol. The van der Waals surface area contributed by atoms with Crippen molar-refractivity contribution in [1.29, 1.82) is 0 Å². The fourth-order valence-electron chi connectivity index (χ4n) is 3.57. The van der Waals surface area contributed by atoms with Gasteiger partial charge in [-0.3, -0.25) is 14.5 Å². The zero-order valence-electron chi connectivity index (χ0n) is 19.0. The third-order valence-corrected chi connectivity index (χ3v) is 6.07. The molecule has 1 saturated heterocycles. The van der Waals surface area contributed by atoms with Crippen LogP contribution in [0.5, 0.6) is 11.5 Å². The van der Waals surface area contributed by atoms with Crippen molar-refractivity contribution in [3.05, 3.63) is 76.7 Å². The highest BCUT2D eigenvalue weighted by Gasteiger charge is 2.35. The van der Waals surface area contributed by atoms with E-state index in [-0.39, 0.29) is 17.7 Å². The number of ether oxygens (including phenoxy) is 2. The van der Waals surface area contributed by atoms with Crippen molar-refractivity contribution < 1.29 is 19.1 Å². The van der Waals surface area contributed by atoms with Crippen LogP contribution in [0.15, 0.2) is 65.6 Å². The van der Waals surface area contributed by atoms with Gasteiger partial charge in [0.15, 0.2) is 11.5 Å². The third-order valence-electron chi connectivity index (χ3n) is 5.17. The number of amides is 2. The first kappa shape index (κ1) is 22.9. The smallest absolute Gasteiger partial charge is 0.293 e. The van der Waals surface area contributed by atoms with Gasteiger partial charge in [-0.15, -0.1) is 0 Å². The Morgan fingerprint density at radius 1 is 0.939 bits per heavy atom. The molecule has 0 unspecified atom stereocenters. The standard InChI is InChI=1S/C27H27NO4S/c1-4-31-24-14-19(10-12-23(24)32-17-18(2)3)15-25-26(29)28(27(30)33-25)16-20-9-11-21-7-5-6-8-22(21)13-20/h5-15,18H,4,16-17H2,1-3H3/b25-15-. The molecule has 1 heterocycles. The minimum atomic E-state index is -0.281. The lowest BCUT2D eigenvalue weighted by molar-refractivity contribution is -0.123. The molecule has 170 valence electrons. The average Bonchev–Trinajstić information content (AvgIpc) is 3.06. The van der Waals surface area contributed by atoms with Gasteiger partial charge < -0.3 is 9.47 Å². The van der Waals surface area contributed by atoms with Crippen molar-refractivity contribution in [2.75, 3.05) is 13.2 Å². The number of benzene rings is 3. The van der Waals surface area contributed by atoms with Gasteiger partial charge in [-0.2, -0.15) is 0 Å². The van der Waals surface area contributed by atoms with Crippen molar-refractivity contribution in [2.24, 2.45) is 5.92 Å². The second-order valence-electron chi connectivity index (χ2n) is 8.29. The first-order chi connectivity index (χ1) is 15.9. The summed E-state index contributed by atoms with van der Waals surface area (Å²) < 4.78 is 11.6. The number of nitrogens with zero attached hydrogens (tertiary/aromatic N) is 1. The fourth-order valence-corrected chi connectivity index (χ4v) is 4.40. The van der Waals surface area contributed by atoms with E-state index in [2.05, 4.69) is 13.8 Å². The maximum atomic E-state index is 13.0. The van der Waals surface area contributed by atoms with Gasteiger partial charge in [-0.25, -0.2) is 0 Å². The van der Waals surface area contributed by atoms with Crippen molar-refractivity contribution in [2.45, 2.75) is 27.3 Å². The molecule has 0 aromatic heterocycles. The van der Waals surface area contributed by atoms with Gasteiger partial charge in [-0.1, -0.05) is 56.3 Å². The molecule has 3 aromatic rings. The summed E-state index contributed by atoms with van der Waals surface area (Å²) >= 11 is 0.964. The monoisotopic (exact) mass is 461 g/mol. The molecule has 0 radical (unpaired) electrons. The number of carbonyl (C=O) groups is 2. The second-order valence-corrected chi connectivity index (χ2v) is 9.29.